The van der Waals surface area contributed by atoms with Crippen molar-refractivity contribution in [1.82, 2.24) is 5.32 Å². The van der Waals surface area contributed by atoms with Crippen LogP contribution in [0, 0.1) is 5.92 Å². The van der Waals surface area contributed by atoms with Crippen LogP contribution in [0.3, 0.4) is 0 Å². The molecule has 0 fully saturated rings. The van der Waals surface area contributed by atoms with Crippen LogP contribution in [-0.4, -0.2) is 42.7 Å². The van der Waals surface area contributed by atoms with Gasteiger partial charge in [-0.05, 0) is 11.5 Å². The predicted octanol–water partition coefficient (Wildman–Crippen LogP) is 4.70. The highest BCUT2D eigenvalue weighted by molar-refractivity contribution is 5.81. The minimum absolute atomic E-state index is 0.295. The van der Waals surface area contributed by atoms with E-state index in [9.17, 15) is 40.3 Å². The first-order valence-electron chi connectivity index (χ1n) is 8.63. The maximum absolute atomic E-state index is 13.7. The van der Waals surface area contributed by atoms with Crippen molar-refractivity contribution in [2.75, 3.05) is 6.61 Å². The average Bonchev–Trinajstić information content (AvgIpc) is 2.63. The first-order chi connectivity index (χ1) is 13.7. The molecule has 0 spiro atoms. The van der Waals surface area contributed by atoms with E-state index in [1.165, 1.54) is 0 Å². The number of hydrogen-bond donors (Lipinski definition) is 1. The molecule has 0 aliphatic rings. The van der Waals surface area contributed by atoms with E-state index >= 15 is 0 Å². The number of alkyl carbamates (subject to hydrolysis) is 1. The van der Waals surface area contributed by atoms with E-state index in [0.717, 1.165) is 0 Å². The second-order valence-corrected chi connectivity index (χ2v) is 6.76. The van der Waals surface area contributed by atoms with Crippen molar-refractivity contribution in [1.29, 1.82) is 0 Å². The number of benzene rings is 1. The molecule has 1 aromatic carbocycles. The number of carbonyl (C=O) groups excluding carboxylic acids is 2. The molecule has 30 heavy (non-hydrogen) atoms. The zero-order valence-electron chi connectivity index (χ0n) is 15.9. The van der Waals surface area contributed by atoms with Gasteiger partial charge in [0.1, 0.15) is 12.6 Å². The molecule has 1 unspecified atom stereocenters. The third kappa shape index (κ3) is 7.06. The molecule has 0 heterocycles. The first-order valence-corrected chi connectivity index (χ1v) is 8.63. The topological polar surface area (TPSA) is 64.6 Å². The van der Waals surface area contributed by atoms with Crippen molar-refractivity contribution >= 4 is 12.1 Å². The Hall–Kier alpha value is -2.53. The van der Waals surface area contributed by atoms with Crippen LogP contribution in [0.2, 0.25) is 0 Å². The summed E-state index contributed by atoms with van der Waals surface area (Å²) in [4.78, 5) is 23.8. The van der Waals surface area contributed by atoms with Crippen LogP contribution >= 0.6 is 0 Å². The zero-order chi connectivity index (χ0) is 23.2. The van der Waals surface area contributed by atoms with Crippen LogP contribution in [0.1, 0.15) is 25.8 Å². The summed E-state index contributed by atoms with van der Waals surface area (Å²) in [5.74, 6) is -14.0. The van der Waals surface area contributed by atoms with Gasteiger partial charge in [0, 0.05) is 6.42 Å². The highest BCUT2D eigenvalue weighted by Crippen LogP contribution is 2.48. The van der Waals surface area contributed by atoms with Crippen LogP contribution in [0.25, 0.3) is 0 Å². The SMILES string of the molecule is CC(C)COC(=O)C(CC(F)(F)C(F)(F)C(F)(F)F)NC(=O)OCc1ccccc1. The summed E-state index contributed by atoms with van der Waals surface area (Å²) in [6.45, 7) is 2.43. The van der Waals surface area contributed by atoms with E-state index in [1.807, 2.05) is 0 Å². The van der Waals surface area contributed by atoms with Crippen molar-refractivity contribution in [3.63, 3.8) is 0 Å². The second-order valence-electron chi connectivity index (χ2n) is 6.76. The third-order valence-electron chi connectivity index (χ3n) is 3.62. The largest absolute Gasteiger partial charge is 0.464 e. The molecule has 0 aliphatic carbocycles. The Morgan fingerprint density at radius 3 is 2.03 bits per heavy atom. The van der Waals surface area contributed by atoms with Gasteiger partial charge in [0.2, 0.25) is 0 Å². The Kier molecular flexibility index (Phi) is 8.49. The molecule has 12 heteroatoms. The van der Waals surface area contributed by atoms with Crippen LogP contribution in [0.5, 0.6) is 0 Å². The van der Waals surface area contributed by atoms with Gasteiger partial charge in [-0.3, -0.25) is 0 Å². The smallest absolute Gasteiger partial charge is 0.459 e. The molecule has 170 valence electrons. The fraction of sp³-hybridized carbons (Fsp3) is 0.556. The van der Waals surface area contributed by atoms with Gasteiger partial charge in [-0.25, -0.2) is 9.59 Å². The standard InChI is InChI=1S/C18H20F7NO4/c1-11(2)9-29-14(27)13(8-16(19,20)17(21,22)18(23,24)25)26-15(28)30-10-12-6-4-3-5-7-12/h3-7,11,13H,8-10H2,1-2H3,(H,26,28). The fourth-order valence-corrected chi connectivity index (χ4v) is 2.04. The number of halogens is 7. The lowest BCUT2D eigenvalue weighted by atomic mass is 10.0. The van der Waals surface area contributed by atoms with Crippen LogP contribution in [-0.2, 0) is 20.9 Å². The number of alkyl halides is 7. The van der Waals surface area contributed by atoms with Gasteiger partial charge >= 0.3 is 30.1 Å². The lowest BCUT2D eigenvalue weighted by molar-refractivity contribution is -0.356. The molecule has 0 aromatic heterocycles. The minimum Gasteiger partial charge on any atom is -0.464 e. The Bertz CT molecular complexity index is 708. The number of rotatable bonds is 9. The molecular weight excluding hydrogens is 427 g/mol. The van der Waals surface area contributed by atoms with Crippen LogP contribution in [0.15, 0.2) is 30.3 Å². The summed E-state index contributed by atoms with van der Waals surface area (Å²) in [5, 5.41) is 1.57. The van der Waals surface area contributed by atoms with Crippen molar-refractivity contribution in [2.45, 2.75) is 50.9 Å². The molecule has 0 saturated carbocycles. The lowest BCUT2D eigenvalue weighted by Gasteiger charge is -2.30. The Labute approximate surface area is 167 Å². The summed E-state index contributed by atoms with van der Waals surface area (Å²) in [6, 6.07) is 5.44. The number of carbonyl (C=O) groups is 2. The van der Waals surface area contributed by atoms with E-state index < -0.39 is 42.5 Å². The summed E-state index contributed by atoms with van der Waals surface area (Å²) >= 11 is 0. The van der Waals surface area contributed by atoms with Crippen molar-refractivity contribution in [3.05, 3.63) is 35.9 Å². The van der Waals surface area contributed by atoms with E-state index in [1.54, 1.807) is 49.5 Å². The fourth-order valence-electron chi connectivity index (χ4n) is 2.04. The first kappa shape index (κ1) is 25.5. The number of ether oxygens (including phenoxy) is 2. The third-order valence-corrected chi connectivity index (χ3v) is 3.62. The van der Waals surface area contributed by atoms with E-state index in [2.05, 4.69) is 9.47 Å². The summed E-state index contributed by atoms with van der Waals surface area (Å²) < 4.78 is 100. The number of amides is 1. The van der Waals surface area contributed by atoms with E-state index in [0.29, 0.717) is 5.56 Å². The average molecular weight is 447 g/mol. The molecule has 1 N–H and O–H groups in total. The van der Waals surface area contributed by atoms with Gasteiger partial charge in [-0.2, -0.15) is 30.7 Å². The van der Waals surface area contributed by atoms with Gasteiger partial charge < -0.3 is 14.8 Å². The van der Waals surface area contributed by atoms with E-state index in [4.69, 9.17) is 0 Å². The molecule has 0 aliphatic heterocycles. The molecule has 0 radical (unpaired) electrons. The lowest BCUT2D eigenvalue weighted by Crippen LogP contribution is -2.56. The quantitative estimate of drug-likeness (QED) is 0.440. The summed E-state index contributed by atoms with van der Waals surface area (Å²) in [5.41, 5.74) is 0.473. The highest BCUT2D eigenvalue weighted by atomic mass is 19.4. The molecule has 0 bridgehead atoms. The number of esters is 1. The highest BCUT2D eigenvalue weighted by Gasteiger charge is 2.73. The number of hydrogen-bond acceptors (Lipinski definition) is 4. The zero-order valence-corrected chi connectivity index (χ0v) is 15.9. The number of nitrogens with one attached hydrogen (secondary N) is 1. The predicted molar refractivity (Wildman–Crippen MR) is 89.9 cm³/mol. The van der Waals surface area contributed by atoms with Gasteiger partial charge in [-0.15, -0.1) is 0 Å². The Balaban J connectivity index is 2.93. The summed E-state index contributed by atoms with van der Waals surface area (Å²) in [7, 11) is 0. The molecule has 5 nitrogen and oxygen atoms in total. The van der Waals surface area contributed by atoms with Gasteiger partial charge in [0.25, 0.3) is 0 Å². The summed E-state index contributed by atoms with van der Waals surface area (Å²) in [6.07, 6.45) is -10.4. The Morgan fingerprint density at radius 1 is 0.967 bits per heavy atom. The molecule has 1 aromatic rings. The molecule has 1 atom stereocenters. The minimum atomic E-state index is -6.57. The monoisotopic (exact) mass is 447 g/mol. The second kappa shape index (κ2) is 9.98. The van der Waals surface area contributed by atoms with E-state index in [-0.39, 0.29) is 19.1 Å². The van der Waals surface area contributed by atoms with Crippen LogP contribution < -0.4 is 5.32 Å². The maximum atomic E-state index is 13.7. The van der Waals surface area contributed by atoms with Crippen molar-refractivity contribution in [2.24, 2.45) is 5.92 Å². The van der Waals surface area contributed by atoms with Crippen LogP contribution in [0.4, 0.5) is 35.5 Å². The molecule has 1 amide bonds. The normalized spacial score (nSPS) is 13.7. The molecular formula is C18H20F7NO4. The van der Waals surface area contributed by atoms with Gasteiger partial charge in [0.15, 0.2) is 0 Å². The maximum Gasteiger partial charge on any atom is 0.459 e. The van der Waals surface area contributed by atoms with Crippen molar-refractivity contribution < 1.29 is 49.8 Å². The van der Waals surface area contributed by atoms with Gasteiger partial charge in [-0.1, -0.05) is 44.2 Å². The molecule has 1 rings (SSSR count). The van der Waals surface area contributed by atoms with Crippen molar-refractivity contribution in [3.8, 4) is 0 Å². The van der Waals surface area contributed by atoms with Gasteiger partial charge in [0.05, 0.1) is 6.61 Å². The molecule has 0 saturated heterocycles. The Morgan fingerprint density at radius 2 is 1.53 bits per heavy atom.